The molecule has 2 aromatic carbocycles. The van der Waals surface area contributed by atoms with Crippen molar-refractivity contribution in [1.29, 1.82) is 0 Å². The molecule has 0 saturated heterocycles. The van der Waals surface area contributed by atoms with E-state index in [-0.39, 0.29) is 11.7 Å². The summed E-state index contributed by atoms with van der Waals surface area (Å²) in [5.74, 6) is 0.0969. The highest BCUT2D eigenvalue weighted by Crippen LogP contribution is 2.33. The maximum atomic E-state index is 12.5. The number of ether oxygens (including phenoxy) is 1. The molecule has 1 aliphatic carbocycles. The molecule has 1 aromatic heterocycles. The van der Waals surface area contributed by atoms with Crippen molar-refractivity contribution >= 4 is 12.1 Å². The number of aromatic nitrogens is 2. The van der Waals surface area contributed by atoms with Crippen LogP contribution < -0.4 is 10.2 Å². The Morgan fingerprint density at radius 1 is 1.32 bits per heavy atom. The number of H-pyrrole nitrogens is 1. The van der Waals surface area contributed by atoms with Gasteiger partial charge in [-0.15, -0.1) is 0 Å². The second-order valence-electron chi connectivity index (χ2n) is 6.44. The van der Waals surface area contributed by atoms with E-state index in [0.29, 0.717) is 23.6 Å². The number of phenols is 1. The highest BCUT2D eigenvalue weighted by Gasteiger charge is 2.24. The number of aromatic hydroxyl groups is 1. The zero-order valence-electron chi connectivity index (χ0n) is 15.4. The number of aromatic amines is 1. The molecule has 3 aromatic rings. The van der Waals surface area contributed by atoms with E-state index < -0.39 is 0 Å². The highest BCUT2D eigenvalue weighted by atomic mass is 16.5. The van der Waals surface area contributed by atoms with Gasteiger partial charge in [-0.05, 0) is 49.1 Å². The molecule has 1 heterocycles. The van der Waals surface area contributed by atoms with Crippen molar-refractivity contribution in [2.45, 2.75) is 19.8 Å². The summed E-state index contributed by atoms with van der Waals surface area (Å²) in [6, 6.07) is 13.0. The van der Waals surface area contributed by atoms with Crippen molar-refractivity contribution in [3.63, 3.8) is 0 Å². The van der Waals surface area contributed by atoms with Crippen molar-refractivity contribution in [2.24, 2.45) is 5.10 Å². The lowest BCUT2D eigenvalue weighted by molar-refractivity contribution is 0.0949. The van der Waals surface area contributed by atoms with Gasteiger partial charge < -0.3 is 9.84 Å². The first kappa shape index (κ1) is 17.8. The van der Waals surface area contributed by atoms with E-state index in [1.807, 2.05) is 25.1 Å². The number of aryl methyl sites for hydroxylation is 1. The molecule has 1 aliphatic rings. The fraction of sp³-hybridized carbons (Fsp3) is 0.190. The molecule has 0 atom stereocenters. The van der Waals surface area contributed by atoms with Gasteiger partial charge in [0.2, 0.25) is 0 Å². The number of nitrogens with one attached hydrogen (secondary N) is 2. The molecule has 4 rings (SSSR count). The number of hydrogen-bond acceptors (Lipinski definition) is 5. The lowest BCUT2D eigenvalue weighted by atomic mass is 9.89. The predicted octanol–water partition coefficient (Wildman–Crippen LogP) is 3.04. The van der Waals surface area contributed by atoms with Gasteiger partial charge in [0.05, 0.1) is 18.5 Å². The molecule has 0 spiro atoms. The third-order valence-electron chi connectivity index (χ3n) is 4.67. The van der Waals surface area contributed by atoms with Gasteiger partial charge in [-0.2, -0.15) is 10.2 Å². The van der Waals surface area contributed by atoms with Crippen molar-refractivity contribution < 1.29 is 14.6 Å². The van der Waals surface area contributed by atoms with Gasteiger partial charge in [0, 0.05) is 11.1 Å². The lowest BCUT2D eigenvalue weighted by Crippen LogP contribution is -2.20. The lowest BCUT2D eigenvalue weighted by Gasteiger charge is -2.15. The van der Waals surface area contributed by atoms with Crippen LogP contribution in [0.4, 0.5) is 0 Å². The molecule has 0 fully saturated rings. The number of hydrazone groups is 1. The quantitative estimate of drug-likeness (QED) is 0.471. The molecular formula is C21H20N4O3. The number of benzene rings is 2. The zero-order chi connectivity index (χ0) is 19.5. The van der Waals surface area contributed by atoms with Gasteiger partial charge in [-0.3, -0.25) is 9.89 Å². The Morgan fingerprint density at radius 2 is 2.18 bits per heavy atom. The summed E-state index contributed by atoms with van der Waals surface area (Å²) < 4.78 is 5.34. The van der Waals surface area contributed by atoms with Crippen molar-refractivity contribution in [3.05, 3.63) is 64.8 Å². The van der Waals surface area contributed by atoms with Gasteiger partial charge in [0.25, 0.3) is 5.91 Å². The van der Waals surface area contributed by atoms with Gasteiger partial charge in [-0.1, -0.05) is 24.3 Å². The molecule has 3 N–H and O–H groups in total. The number of rotatable bonds is 5. The number of fused-ring (bicyclic) bond motifs is 3. The van der Waals surface area contributed by atoms with Crippen LogP contribution in [0.25, 0.3) is 11.3 Å². The summed E-state index contributed by atoms with van der Waals surface area (Å²) in [7, 11) is 0. The summed E-state index contributed by atoms with van der Waals surface area (Å²) >= 11 is 0. The second-order valence-corrected chi connectivity index (χ2v) is 6.44. The van der Waals surface area contributed by atoms with E-state index in [2.05, 4.69) is 26.8 Å². The normalized spacial score (nSPS) is 12.5. The van der Waals surface area contributed by atoms with Gasteiger partial charge in [0.1, 0.15) is 5.69 Å². The Bertz CT molecular complexity index is 1060. The third kappa shape index (κ3) is 3.34. The number of nitrogens with zero attached hydrogens (tertiary/aromatic N) is 2. The molecule has 28 heavy (non-hydrogen) atoms. The van der Waals surface area contributed by atoms with Crippen molar-refractivity contribution in [1.82, 2.24) is 15.6 Å². The largest absolute Gasteiger partial charge is 0.504 e. The van der Waals surface area contributed by atoms with Crippen LogP contribution in [0.1, 0.15) is 34.1 Å². The summed E-state index contributed by atoms with van der Waals surface area (Å²) in [5, 5.41) is 20.9. The first-order valence-electron chi connectivity index (χ1n) is 9.12. The van der Waals surface area contributed by atoms with Crippen LogP contribution >= 0.6 is 0 Å². The Hall–Kier alpha value is -3.61. The van der Waals surface area contributed by atoms with Crippen LogP contribution in [0.5, 0.6) is 11.5 Å². The predicted molar refractivity (Wildman–Crippen MR) is 106 cm³/mol. The standard InChI is InChI=1S/C21H20N4O3/c1-2-28-18-11-13(7-10-17(18)26)12-22-25-21(27)20-16-9-8-14-5-3-4-6-15(14)19(16)23-24-20/h3-7,10-12,26H,2,8-9H2,1H3,(H,23,24)(H,25,27). The Labute approximate surface area is 162 Å². The number of phenolic OH excluding ortho intramolecular Hbond substituents is 1. The second kappa shape index (κ2) is 7.56. The minimum Gasteiger partial charge on any atom is -0.504 e. The van der Waals surface area contributed by atoms with Crippen molar-refractivity contribution in [2.75, 3.05) is 6.61 Å². The smallest absolute Gasteiger partial charge is 0.289 e. The molecule has 0 saturated carbocycles. The Kier molecular flexibility index (Phi) is 4.80. The highest BCUT2D eigenvalue weighted by molar-refractivity contribution is 5.96. The molecule has 0 unspecified atom stereocenters. The third-order valence-corrected chi connectivity index (χ3v) is 4.67. The number of carbonyl (C=O) groups is 1. The number of carbonyl (C=O) groups excluding carboxylic acids is 1. The van der Waals surface area contributed by atoms with E-state index >= 15 is 0 Å². The SMILES string of the molecule is CCOc1cc(C=NNC(=O)c2[nH]nc3c2CCc2ccccc2-3)ccc1O. The summed E-state index contributed by atoms with van der Waals surface area (Å²) in [6.07, 6.45) is 3.13. The summed E-state index contributed by atoms with van der Waals surface area (Å²) in [4.78, 5) is 12.5. The molecule has 7 heteroatoms. The molecule has 0 bridgehead atoms. The fourth-order valence-electron chi connectivity index (χ4n) is 3.35. The first-order chi connectivity index (χ1) is 13.7. The molecule has 142 valence electrons. The van der Waals surface area contributed by atoms with E-state index in [0.717, 1.165) is 29.7 Å². The topological polar surface area (TPSA) is 99.6 Å². The number of amides is 1. The van der Waals surface area contributed by atoms with E-state index in [1.165, 1.54) is 17.8 Å². The maximum Gasteiger partial charge on any atom is 0.289 e. The monoisotopic (exact) mass is 376 g/mol. The van der Waals surface area contributed by atoms with Crippen LogP contribution in [-0.4, -0.2) is 34.0 Å². The Morgan fingerprint density at radius 3 is 3.04 bits per heavy atom. The van der Waals surface area contributed by atoms with Crippen LogP contribution in [0, 0.1) is 0 Å². The van der Waals surface area contributed by atoms with Crippen LogP contribution in [0.15, 0.2) is 47.6 Å². The molecular weight excluding hydrogens is 356 g/mol. The average molecular weight is 376 g/mol. The zero-order valence-corrected chi connectivity index (χ0v) is 15.4. The average Bonchev–Trinajstić information content (AvgIpc) is 3.15. The Balaban J connectivity index is 1.49. The minimum atomic E-state index is -0.340. The summed E-state index contributed by atoms with van der Waals surface area (Å²) in [5.41, 5.74) is 7.70. The van der Waals surface area contributed by atoms with Crippen LogP contribution in [-0.2, 0) is 12.8 Å². The van der Waals surface area contributed by atoms with Gasteiger partial charge in [0.15, 0.2) is 11.5 Å². The van der Waals surface area contributed by atoms with Gasteiger partial charge in [-0.25, -0.2) is 5.43 Å². The van der Waals surface area contributed by atoms with Crippen LogP contribution in [0.3, 0.4) is 0 Å². The molecule has 0 radical (unpaired) electrons. The van der Waals surface area contributed by atoms with Gasteiger partial charge >= 0.3 is 0 Å². The fourth-order valence-corrected chi connectivity index (χ4v) is 3.35. The first-order valence-corrected chi connectivity index (χ1v) is 9.12. The molecule has 1 amide bonds. The molecule has 7 nitrogen and oxygen atoms in total. The minimum absolute atomic E-state index is 0.0624. The molecule has 0 aliphatic heterocycles. The maximum absolute atomic E-state index is 12.5. The summed E-state index contributed by atoms with van der Waals surface area (Å²) in [6.45, 7) is 2.28. The van der Waals surface area contributed by atoms with Crippen molar-refractivity contribution in [3.8, 4) is 22.8 Å². The van der Waals surface area contributed by atoms with E-state index in [1.54, 1.807) is 12.1 Å². The van der Waals surface area contributed by atoms with E-state index in [9.17, 15) is 9.90 Å². The van der Waals surface area contributed by atoms with Crippen LogP contribution in [0.2, 0.25) is 0 Å². The van der Waals surface area contributed by atoms with E-state index in [4.69, 9.17) is 4.74 Å². The number of hydrogen-bond donors (Lipinski definition) is 3.